The summed E-state index contributed by atoms with van der Waals surface area (Å²) in [6.45, 7) is 6.08. The van der Waals surface area contributed by atoms with Gasteiger partial charge in [-0.3, -0.25) is 9.59 Å². The Morgan fingerprint density at radius 3 is 2.33 bits per heavy atom. The molecule has 18 heavy (non-hydrogen) atoms. The molecule has 0 saturated heterocycles. The van der Waals surface area contributed by atoms with Gasteiger partial charge in [-0.15, -0.1) is 0 Å². The van der Waals surface area contributed by atoms with Crippen LogP contribution in [0.2, 0.25) is 0 Å². The zero-order valence-corrected chi connectivity index (χ0v) is 11.7. The van der Waals surface area contributed by atoms with Gasteiger partial charge < -0.3 is 15.7 Å². The van der Waals surface area contributed by atoms with Crippen molar-refractivity contribution in [1.82, 2.24) is 10.6 Å². The summed E-state index contributed by atoms with van der Waals surface area (Å²) in [6, 6.07) is -0.156. The SMILES string of the molecule is CC(=O)NCCCCCC(=O)N[C@H](CO)C(C)C. The molecule has 1 atom stereocenters. The van der Waals surface area contributed by atoms with Crippen LogP contribution in [0.4, 0.5) is 0 Å². The second kappa shape index (κ2) is 9.88. The van der Waals surface area contributed by atoms with E-state index in [2.05, 4.69) is 10.6 Å². The van der Waals surface area contributed by atoms with Gasteiger partial charge in [-0.2, -0.15) is 0 Å². The molecular weight excluding hydrogens is 232 g/mol. The Labute approximate surface area is 109 Å². The van der Waals surface area contributed by atoms with E-state index >= 15 is 0 Å². The smallest absolute Gasteiger partial charge is 0.220 e. The van der Waals surface area contributed by atoms with Gasteiger partial charge in [0.05, 0.1) is 12.6 Å². The predicted molar refractivity (Wildman–Crippen MR) is 71.0 cm³/mol. The van der Waals surface area contributed by atoms with Crippen LogP contribution in [0, 0.1) is 5.92 Å². The summed E-state index contributed by atoms with van der Waals surface area (Å²) in [5.74, 6) is 0.205. The predicted octanol–water partition coefficient (Wildman–Crippen LogP) is 0.816. The topological polar surface area (TPSA) is 78.4 Å². The Hall–Kier alpha value is -1.10. The lowest BCUT2D eigenvalue weighted by molar-refractivity contribution is -0.122. The van der Waals surface area contributed by atoms with Crippen LogP contribution in [0.15, 0.2) is 0 Å². The molecule has 0 aromatic heterocycles. The number of rotatable bonds is 9. The first-order valence-corrected chi connectivity index (χ1v) is 6.62. The maximum Gasteiger partial charge on any atom is 0.220 e. The van der Waals surface area contributed by atoms with Gasteiger partial charge in [0.1, 0.15) is 0 Å². The van der Waals surface area contributed by atoms with E-state index in [-0.39, 0.29) is 30.4 Å². The fourth-order valence-electron chi connectivity index (χ4n) is 1.55. The largest absolute Gasteiger partial charge is 0.394 e. The number of nitrogens with one attached hydrogen (secondary N) is 2. The molecule has 0 aromatic rings. The van der Waals surface area contributed by atoms with Gasteiger partial charge in [0.2, 0.25) is 11.8 Å². The Morgan fingerprint density at radius 1 is 1.17 bits per heavy atom. The standard InChI is InChI=1S/C13H26N2O3/c1-10(2)12(9-16)15-13(18)7-5-4-6-8-14-11(3)17/h10,12,16H,4-9H2,1-3H3,(H,14,17)(H,15,18)/t12-/m1/s1. The number of aliphatic hydroxyl groups excluding tert-OH is 1. The summed E-state index contributed by atoms with van der Waals surface area (Å²) in [4.78, 5) is 22.2. The van der Waals surface area contributed by atoms with E-state index in [4.69, 9.17) is 5.11 Å². The molecule has 0 fully saturated rings. The number of aliphatic hydroxyl groups is 1. The van der Waals surface area contributed by atoms with Crippen molar-refractivity contribution < 1.29 is 14.7 Å². The lowest BCUT2D eigenvalue weighted by Gasteiger charge is -2.19. The van der Waals surface area contributed by atoms with Crippen molar-refractivity contribution in [1.29, 1.82) is 0 Å². The van der Waals surface area contributed by atoms with E-state index in [1.807, 2.05) is 13.8 Å². The molecule has 0 aliphatic rings. The molecule has 0 aromatic carbocycles. The first-order chi connectivity index (χ1) is 8.47. The maximum atomic E-state index is 11.6. The third kappa shape index (κ3) is 8.98. The number of amides is 2. The van der Waals surface area contributed by atoms with Crippen molar-refractivity contribution in [3.8, 4) is 0 Å². The Bertz CT molecular complexity index is 255. The van der Waals surface area contributed by atoms with E-state index < -0.39 is 0 Å². The quantitative estimate of drug-likeness (QED) is 0.536. The zero-order valence-electron chi connectivity index (χ0n) is 11.7. The average molecular weight is 258 g/mol. The Morgan fingerprint density at radius 2 is 1.83 bits per heavy atom. The van der Waals surface area contributed by atoms with Crippen molar-refractivity contribution in [3.63, 3.8) is 0 Å². The molecule has 5 heteroatoms. The molecule has 0 bridgehead atoms. The lowest BCUT2D eigenvalue weighted by atomic mass is 10.1. The summed E-state index contributed by atoms with van der Waals surface area (Å²) in [6.07, 6.45) is 3.09. The summed E-state index contributed by atoms with van der Waals surface area (Å²) >= 11 is 0. The summed E-state index contributed by atoms with van der Waals surface area (Å²) in [5, 5.41) is 14.6. The van der Waals surface area contributed by atoms with Crippen molar-refractivity contribution in [3.05, 3.63) is 0 Å². The highest BCUT2D eigenvalue weighted by Crippen LogP contribution is 2.03. The molecule has 0 radical (unpaired) electrons. The molecule has 2 amide bonds. The van der Waals surface area contributed by atoms with Crippen LogP contribution in [0.25, 0.3) is 0 Å². The zero-order chi connectivity index (χ0) is 14.0. The molecule has 0 rings (SSSR count). The molecule has 3 N–H and O–H groups in total. The van der Waals surface area contributed by atoms with Crippen LogP contribution in [0.3, 0.4) is 0 Å². The molecular formula is C13H26N2O3. The summed E-state index contributed by atoms with van der Waals surface area (Å²) in [5.41, 5.74) is 0. The highest BCUT2D eigenvalue weighted by atomic mass is 16.3. The molecule has 0 heterocycles. The van der Waals surface area contributed by atoms with Gasteiger partial charge in [0.15, 0.2) is 0 Å². The first kappa shape index (κ1) is 16.9. The molecule has 0 aliphatic carbocycles. The minimum atomic E-state index is -0.156. The van der Waals surface area contributed by atoms with Crippen molar-refractivity contribution in [2.24, 2.45) is 5.92 Å². The third-order valence-electron chi connectivity index (χ3n) is 2.80. The highest BCUT2D eigenvalue weighted by Gasteiger charge is 2.14. The van der Waals surface area contributed by atoms with Crippen molar-refractivity contribution >= 4 is 11.8 Å². The number of hydrogen-bond acceptors (Lipinski definition) is 3. The lowest BCUT2D eigenvalue weighted by Crippen LogP contribution is -2.41. The summed E-state index contributed by atoms with van der Waals surface area (Å²) < 4.78 is 0. The number of unbranched alkanes of at least 4 members (excludes halogenated alkanes) is 2. The van der Waals surface area contributed by atoms with Crippen LogP contribution in [0.5, 0.6) is 0 Å². The molecule has 0 saturated carbocycles. The molecule has 106 valence electrons. The number of carbonyl (C=O) groups is 2. The van der Waals surface area contributed by atoms with E-state index in [1.54, 1.807) is 0 Å². The molecule has 0 aliphatic heterocycles. The van der Waals surface area contributed by atoms with E-state index in [1.165, 1.54) is 6.92 Å². The van der Waals surface area contributed by atoms with E-state index in [0.29, 0.717) is 13.0 Å². The van der Waals surface area contributed by atoms with Gasteiger partial charge in [-0.05, 0) is 18.8 Å². The van der Waals surface area contributed by atoms with Gasteiger partial charge in [-0.1, -0.05) is 20.3 Å². The normalized spacial score (nSPS) is 12.3. The second-order valence-electron chi connectivity index (χ2n) is 4.89. The molecule has 5 nitrogen and oxygen atoms in total. The van der Waals surface area contributed by atoms with E-state index in [0.717, 1.165) is 19.3 Å². The van der Waals surface area contributed by atoms with Crippen LogP contribution in [-0.4, -0.2) is 36.1 Å². The minimum absolute atomic E-state index is 0.0118. The van der Waals surface area contributed by atoms with Gasteiger partial charge in [0.25, 0.3) is 0 Å². The summed E-state index contributed by atoms with van der Waals surface area (Å²) in [7, 11) is 0. The molecule has 0 unspecified atom stereocenters. The molecule has 0 spiro atoms. The fourth-order valence-corrected chi connectivity index (χ4v) is 1.55. The second-order valence-corrected chi connectivity index (χ2v) is 4.89. The van der Waals surface area contributed by atoms with Crippen LogP contribution in [-0.2, 0) is 9.59 Å². The number of carbonyl (C=O) groups excluding carboxylic acids is 2. The minimum Gasteiger partial charge on any atom is -0.394 e. The van der Waals surface area contributed by atoms with Gasteiger partial charge >= 0.3 is 0 Å². The first-order valence-electron chi connectivity index (χ1n) is 6.62. The maximum absolute atomic E-state index is 11.6. The van der Waals surface area contributed by atoms with E-state index in [9.17, 15) is 9.59 Å². The Balaban J connectivity index is 3.56. The average Bonchev–Trinajstić information content (AvgIpc) is 2.29. The van der Waals surface area contributed by atoms with Crippen LogP contribution in [0.1, 0.15) is 46.5 Å². The Kier molecular flexibility index (Phi) is 9.28. The van der Waals surface area contributed by atoms with Gasteiger partial charge in [0, 0.05) is 19.9 Å². The van der Waals surface area contributed by atoms with Crippen molar-refractivity contribution in [2.45, 2.75) is 52.5 Å². The fraction of sp³-hybridized carbons (Fsp3) is 0.846. The van der Waals surface area contributed by atoms with Crippen molar-refractivity contribution in [2.75, 3.05) is 13.2 Å². The highest BCUT2D eigenvalue weighted by molar-refractivity contribution is 5.76. The van der Waals surface area contributed by atoms with Gasteiger partial charge in [-0.25, -0.2) is 0 Å². The third-order valence-corrected chi connectivity index (χ3v) is 2.80. The van der Waals surface area contributed by atoms with Crippen LogP contribution >= 0.6 is 0 Å². The van der Waals surface area contributed by atoms with Crippen LogP contribution < -0.4 is 10.6 Å². The number of hydrogen-bond donors (Lipinski definition) is 3. The monoisotopic (exact) mass is 258 g/mol.